The van der Waals surface area contributed by atoms with Crippen LogP contribution in [0.4, 0.5) is 0 Å². The molecule has 2 rings (SSSR count). The van der Waals surface area contributed by atoms with Gasteiger partial charge in [-0.25, -0.2) is 0 Å². The molecule has 4 nitrogen and oxygen atoms in total. The fourth-order valence-electron chi connectivity index (χ4n) is 1.63. The van der Waals surface area contributed by atoms with Crippen LogP contribution in [0.3, 0.4) is 0 Å². The third-order valence-corrected chi connectivity index (χ3v) is 3.00. The standard InChI is InChI=1S/C14H18N2O2/c1-9(2)11(15)8-16-14(17)13-7-10-5-3-4-6-12(10)18-13/h3-7,9,11H,8,15H2,1-2H3,(H,16,17). The minimum atomic E-state index is -0.220. The van der Waals surface area contributed by atoms with E-state index < -0.39 is 0 Å². The molecule has 0 aliphatic heterocycles. The molecule has 1 aromatic carbocycles. The first-order chi connectivity index (χ1) is 8.58. The summed E-state index contributed by atoms with van der Waals surface area (Å²) in [4.78, 5) is 11.9. The van der Waals surface area contributed by atoms with E-state index in [-0.39, 0.29) is 11.9 Å². The summed E-state index contributed by atoms with van der Waals surface area (Å²) in [6.07, 6.45) is 0. The molecule has 1 aromatic heterocycles. The summed E-state index contributed by atoms with van der Waals surface area (Å²) in [5.74, 6) is 0.440. The van der Waals surface area contributed by atoms with E-state index in [0.717, 1.165) is 11.0 Å². The molecule has 4 heteroatoms. The lowest BCUT2D eigenvalue weighted by atomic mass is 10.1. The number of furan rings is 1. The second-order valence-electron chi connectivity index (χ2n) is 4.77. The second-order valence-corrected chi connectivity index (χ2v) is 4.77. The van der Waals surface area contributed by atoms with Gasteiger partial charge in [0.1, 0.15) is 5.58 Å². The predicted molar refractivity (Wildman–Crippen MR) is 71.4 cm³/mol. The second kappa shape index (κ2) is 5.23. The fourth-order valence-corrected chi connectivity index (χ4v) is 1.63. The summed E-state index contributed by atoms with van der Waals surface area (Å²) in [6.45, 7) is 4.50. The molecule has 0 fully saturated rings. The van der Waals surface area contributed by atoms with Crippen LogP contribution in [-0.2, 0) is 0 Å². The number of fused-ring (bicyclic) bond motifs is 1. The van der Waals surface area contributed by atoms with Gasteiger partial charge in [-0.15, -0.1) is 0 Å². The van der Waals surface area contributed by atoms with Gasteiger partial charge in [0, 0.05) is 18.0 Å². The van der Waals surface area contributed by atoms with Gasteiger partial charge >= 0.3 is 0 Å². The van der Waals surface area contributed by atoms with Crippen LogP contribution in [0.5, 0.6) is 0 Å². The Morgan fingerprint density at radius 2 is 2.11 bits per heavy atom. The zero-order chi connectivity index (χ0) is 13.1. The van der Waals surface area contributed by atoms with E-state index in [9.17, 15) is 4.79 Å². The molecular formula is C14H18N2O2. The van der Waals surface area contributed by atoms with Crippen molar-refractivity contribution in [2.45, 2.75) is 19.9 Å². The predicted octanol–water partition coefficient (Wildman–Crippen LogP) is 2.15. The molecule has 18 heavy (non-hydrogen) atoms. The number of benzene rings is 1. The fraction of sp³-hybridized carbons (Fsp3) is 0.357. The Labute approximate surface area is 106 Å². The molecule has 1 unspecified atom stereocenters. The van der Waals surface area contributed by atoms with Crippen LogP contribution in [0.15, 0.2) is 34.7 Å². The Kier molecular flexibility index (Phi) is 3.67. The van der Waals surface area contributed by atoms with E-state index >= 15 is 0 Å². The Morgan fingerprint density at radius 1 is 1.39 bits per heavy atom. The van der Waals surface area contributed by atoms with Crippen molar-refractivity contribution in [3.63, 3.8) is 0 Å². The van der Waals surface area contributed by atoms with Crippen LogP contribution in [0, 0.1) is 5.92 Å². The van der Waals surface area contributed by atoms with Crippen molar-refractivity contribution in [1.29, 1.82) is 0 Å². The van der Waals surface area contributed by atoms with E-state index in [1.165, 1.54) is 0 Å². The highest BCUT2D eigenvalue weighted by Crippen LogP contribution is 2.18. The molecule has 0 saturated carbocycles. The lowest BCUT2D eigenvalue weighted by Gasteiger charge is -2.15. The third kappa shape index (κ3) is 2.71. The topological polar surface area (TPSA) is 68.3 Å². The maximum Gasteiger partial charge on any atom is 0.287 e. The molecule has 3 N–H and O–H groups in total. The minimum absolute atomic E-state index is 0.0432. The van der Waals surface area contributed by atoms with Crippen molar-refractivity contribution in [3.05, 3.63) is 36.1 Å². The van der Waals surface area contributed by atoms with E-state index in [1.807, 2.05) is 38.1 Å². The van der Waals surface area contributed by atoms with Crippen molar-refractivity contribution in [2.24, 2.45) is 11.7 Å². The van der Waals surface area contributed by atoms with Gasteiger partial charge in [0.25, 0.3) is 5.91 Å². The summed E-state index contributed by atoms with van der Waals surface area (Å²) >= 11 is 0. The van der Waals surface area contributed by atoms with Crippen LogP contribution in [0.1, 0.15) is 24.4 Å². The molecule has 0 saturated heterocycles. The number of nitrogens with one attached hydrogen (secondary N) is 1. The highest BCUT2D eigenvalue weighted by Gasteiger charge is 2.14. The molecule has 0 radical (unpaired) electrons. The van der Waals surface area contributed by atoms with Crippen molar-refractivity contribution in [1.82, 2.24) is 5.32 Å². The number of rotatable bonds is 4. The molecule has 0 aliphatic carbocycles. The summed E-state index contributed by atoms with van der Waals surface area (Å²) < 4.78 is 5.47. The highest BCUT2D eigenvalue weighted by molar-refractivity contribution is 5.96. The number of carbonyl (C=O) groups is 1. The van der Waals surface area contributed by atoms with Crippen molar-refractivity contribution < 1.29 is 9.21 Å². The summed E-state index contributed by atoms with van der Waals surface area (Å²) in [5, 5.41) is 3.71. The van der Waals surface area contributed by atoms with E-state index in [4.69, 9.17) is 10.2 Å². The normalized spacial score (nSPS) is 12.9. The maximum absolute atomic E-state index is 11.9. The Morgan fingerprint density at radius 3 is 2.78 bits per heavy atom. The van der Waals surface area contributed by atoms with Crippen molar-refractivity contribution in [3.8, 4) is 0 Å². The SMILES string of the molecule is CC(C)C(N)CNC(=O)c1cc2ccccc2o1. The molecular weight excluding hydrogens is 228 g/mol. The lowest BCUT2D eigenvalue weighted by Crippen LogP contribution is -2.40. The smallest absolute Gasteiger partial charge is 0.287 e. The first kappa shape index (κ1) is 12.6. The summed E-state index contributed by atoms with van der Waals surface area (Å²) in [5.41, 5.74) is 6.59. The molecule has 96 valence electrons. The Bertz CT molecular complexity index is 512. The maximum atomic E-state index is 11.9. The van der Waals surface area contributed by atoms with E-state index in [1.54, 1.807) is 6.07 Å². The molecule has 0 aliphatic rings. The first-order valence-corrected chi connectivity index (χ1v) is 6.10. The number of para-hydroxylation sites is 1. The first-order valence-electron chi connectivity index (χ1n) is 6.10. The van der Waals surface area contributed by atoms with Gasteiger partial charge in [0.15, 0.2) is 5.76 Å². The van der Waals surface area contributed by atoms with E-state index in [2.05, 4.69) is 5.32 Å². The largest absolute Gasteiger partial charge is 0.451 e. The van der Waals surface area contributed by atoms with Crippen LogP contribution >= 0.6 is 0 Å². The lowest BCUT2D eigenvalue weighted by molar-refractivity contribution is 0.0923. The molecule has 2 aromatic rings. The van der Waals surface area contributed by atoms with Crippen LogP contribution < -0.4 is 11.1 Å². The monoisotopic (exact) mass is 246 g/mol. The van der Waals surface area contributed by atoms with Gasteiger partial charge in [0.2, 0.25) is 0 Å². The molecule has 1 amide bonds. The molecule has 0 bridgehead atoms. The van der Waals surface area contributed by atoms with E-state index in [0.29, 0.717) is 18.2 Å². The van der Waals surface area contributed by atoms with Crippen LogP contribution in [0.25, 0.3) is 11.0 Å². The number of carbonyl (C=O) groups excluding carboxylic acids is 1. The number of nitrogens with two attached hydrogens (primary N) is 1. The van der Waals surface area contributed by atoms with Crippen LogP contribution in [-0.4, -0.2) is 18.5 Å². The number of hydrogen-bond acceptors (Lipinski definition) is 3. The number of hydrogen-bond donors (Lipinski definition) is 2. The molecule has 0 spiro atoms. The van der Waals surface area contributed by atoms with Gasteiger partial charge in [-0.3, -0.25) is 4.79 Å². The average Bonchev–Trinajstić information content (AvgIpc) is 2.79. The minimum Gasteiger partial charge on any atom is -0.451 e. The number of amides is 1. The van der Waals surface area contributed by atoms with Gasteiger partial charge in [0.05, 0.1) is 0 Å². The highest BCUT2D eigenvalue weighted by atomic mass is 16.3. The van der Waals surface area contributed by atoms with Crippen molar-refractivity contribution in [2.75, 3.05) is 6.54 Å². The Hall–Kier alpha value is -1.81. The van der Waals surface area contributed by atoms with Gasteiger partial charge < -0.3 is 15.5 Å². The van der Waals surface area contributed by atoms with Crippen LogP contribution in [0.2, 0.25) is 0 Å². The quantitative estimate of drug-likeness (QED) is 0.868. The zero-order valence-electron chi connectivity index (χ0n) is 10.6. The van der Waals surface area contributed by atoms with Gasteiger partial charge in [-0.2, -0.15) is 0 Å². The summed E-state index contributed by atoms with van der Waals surface area (Å²) in [7, 11) is 0. The van der Waals surface area contributed by atoms with Gasteiger partial charge in [-0.05, 0) is 18.1 Å². The zero-order valence-corrected chi connectivity index (χ0v) is 10.6. The summed E-state index contributed by atoms with van der Waals surface area (Å²) in [6, 6.07) is 9.24. The van der Waals surface area contributed by atoms with Gasteiger partial charge in [-0.1, -0.05) is 32.0 Å². The molecule has 1 heterocycles. The van der Waals surface area contributed by atoms with Crippen molar-refractivity contribution >= 4 is 16.9 Å². The third-order valence-electron chi connectivity index (χ3n) is 3.00. The Balaban J connectivity index is 2.05. The molecule has 1 atom stereocenters. The average molecular weight is 246 g/mol.